The van der Waals surface area contributed by atoms with Crippen LogP contribution in [0.4, 0.5) is 5.69 Å². The summed E-state index contributed by atoms with van der Waals surface area (Å²) in [7, 11) is 1.90. The highest BCUT2D eigenvalue weighted by Crippen LogP contribution is 2.11. The van der Waals surface area contributed by atoms with Gasteiger partial charge in [0.1, 0.15) is 0 Å². The van der Waals surface area contributed by atoms with Crippen molar-refractivity contribution in [2.45, 2.75) is 6.54 Å². The number of hydrogen-bond acceptors (Lipinski definition) is 4. The van der Waals surface area contributed by atoms with Gasteiger partial charge in [-0.05, 0) is 12.6 Å². The molecule has 0 aromatic heterocycles. The first kappa shape index (κ1) is 11.6. The van der Waals surface area contributed by atoms with Gasteiger partial charge in [-0.15, -0.1) is 0 Å². The molecule has 0 unspecified atom stereocenters. The second-order valence-corrected chi connectivity index (χ2v) is 3.20. The fraction of sp³-hybridized carbons (Fsp3) is 0.400. The Labute approximate surface area is 88.6 Å². The van der Waals surface area contributed by atoms with Gasteiger partial charge in [-0.25, -0.2) is 0 Å². The van der Waals surface area contributed by atoms with E-state index < -0.39 is 4.92 Å². The van der Waals surface area contributed by atoms with Gasteiger partial charge in [0.15, 0.2) is 0 Å². The van der Waals surface area contributed by atoms with Gasteiger partial charge >= 0.3 is 0 Å². The zero-order valence-corrected chi connectivity index (χ0v) is 8.69. The summed E-state index contributed by atoms with van der Waals surface area (Å²) in [4.78, 5) is 10.0. The Morgan fingerprint density at radius 1 is 1.27 bits per heavy atom. The van der Waals surface area contributed by atoms with Crippen LogP contribution in [0.5, 0.6) is 0 Å². The Kier molecular flexibility index (Phi) is 4.73. The third-order valence-electron chi connectivity index (χ3n) is 2.03. The summed E-state index contributed by atoms with van der Waals surface area (Å²) in [6, 6.07) is 6.58. The van der Waals surface area contributed by atoms with E-state index in [0.29, 0.717) is 0 Å². The SMILES string of the molecule is CNCCNCc1ccc([N+](=O)[O-])cc1. The predicted octanol–water partition coefficient (Wildman–Crippen LogP) is 0.904. The molecule has 82 valence electrons. The maximum Gasteiger partial charge on any atom is 0.269 e. The highest BCUT2D eigenvalue weighted by molar-refractivity contribution is 5.32. The van der Waals surface area contributed by atoms with Crippen LogP contribution in [0.3, 0.4) is 0 Å². The van der Waals surface area contributed by atoms with Crippen LogP contribution in [0.15, 0.2) is 24.3 Å². The lowest BCUT2D eigenvalue weighted by Crippen LogP contribution is -2.24. The van der Waals surface area contributed by atoms with Gasteiger partial charge in [-0.1, -0.05) is 12.1 Å². The second kappa shape index (κ2) is 6.10. The molecule has 0 saturated heterocycles. The normalized spacial score (nSPS) is 10.2. The molecule has 0 radical (unpaired) electrons. The zero-order chi connectivity index (χ0) is 11.1. The molecule has 0 heterocycles. The molecule has 0 bridgehead atoms. The molecule has 1 aromatic rings. The van der Waals surface area contributed by atoms with E-state index in [1.807, 2.05) is 7.05 Å². The third kappa shape index (κ3) is 4.05. The molecule has 0 fully saturated rings. The van der Waals surface area contributed by atoms with E-state index in [1.165, 1.54) is 12.1 Å². The molecule has 5 heteroatoms. The topological polar surface area (TPSA) is 67.2 Å². The lowest BCUT2D eigenvalue weighted by molar-refractivity contribution is -0.384. The van der Waals surface area contributed by atoms with Crippen LogP contribution in [-0.2, 0) is 6.54 Å². The van der Waals surface area contributed by atoms with Crippen molar-refractivity contribution >= 4 is 5.69 Å². The standard InChI is InChI=1S/C10H15N3O2/c1-11-6-7-12-8-9-2-4-10(5-3-9)13(14)15/h2-5,11-12H,6-8H2,1H3. The van der Waals surface area contributed by atoms with Crippen molar-refractivity contribution in [3.63, 3.8) is 0 Å². The molecule has 5 nitrogen and oxygen atoms in total. The van der Waals surface area contributed by atoms with Crippen molar-refractivity contribution in [1.29, 1.82) is 0 Å². The van der Waals surface area contributed by atoms with Crippen LogP contribution in [-0.4, -0.2) is 25.1 Å². The molecule has 2 N–H and O–H groups in total. The molecule has 15 heavy (non-hydrogen) atoms. The monoisotopic (exact) mass is 209 g/mol. The van der Waals surface area contributed by atoms with Crippen molar-refractivity contribution < 1.29 is 4.92 Å². The maximum absolute atomic E-state index is 10.4. The number of rotatable bonds is 6. The fourth-order valence-electron chi connectivity index (χ4n) is 1.18. The van der Waals surface area contributed by atoms with E-state index in [9.17, 15) is 10.1 Å². The largest absolute Gasteiger partial charge is 0.318 e. The second-order valence-electron chi connectivity index (χ2n) is 3.20. The van der Waals surface area contributed by atoms with Crippen molar-refractivity contribution in [1.82, 2.24) is 10.6 Å². The molecule has 0 saturated carbocycles. The number of nitrogens with zero attached hydrogens (tertiary/aromatic N) is 1. The van der Waals surface area contributed by atoms with E-state index in [0.717, 1.165) is 25.2 Å². The van der Waals surface area contributed by atoms with E-state index in [4.69, 9.17) is 0 Å². The van der Waals surface area contributed by atoms with Crippen LogP contribution >= 0.6 is 0 Å². The van der Waals surface area contributed by atoms with Crippen LogP contribution < -0.4 is 10.6 Å². The van der Waals surface area contributed by atoms with E-state index in [2.05, 4.69) is 10.6 Å². The number of nitro groups is 1. The Morgan fingerprint density at radius 2 is 1.93 bits per heavy atom. The van der Waals surface area contributed by atoms with Gasteiger partial charge < -0.3 is 10.6 Å². The number of nitrogens with one attached hydrogen (secondary N) is 2. The highest BCUT2D eigenvalue weighted by atomic mass is 16.6. The summed E-state index contributed by atoms with van der Waals surface area (Å²) >= 11 is 0. The lowest BCUT2D eigenvalue weighted by atomic mass is 10.2. The van der Waals surface area contributed by atoms with Gasteiger partial charge in [0.05, 0.1) is 4.92 Å². The summed E-state index contributed by atoms with van der Waals surface area (Å²) in [5.74, 6) is 0. The highest BCUT2D eigenvalue weighted by Gasteiger charge is 2.02. The molecule has 0 atom stereocenters. The van der Waals surface area contributed by atoms with Crippen molar-refractivity contribution in [2.24, 2.45) is 0 Å². The average molecular weight is 209 g/mol. The number of non-ortho nitro benzene ring substituents is 1. The molecule has 0 amide bonds. The summed E-state index contributed by atoms with van der Waals surface area (Å²) in [5.41, 5.74) is 1.19. The van der Waals surface area contributed by atoms with Crippen LogP contribution in [0.1, 0.15) is 5.56 Å². The molecule has 1 rings (SSSR count). The van der Waals surface area contributed by atoms with Gasteiger partial charge in [0.25, 0.3) is 5.69 Å². The minimum Gasteiger partial charge on any atom is -0.318 e. The van der Waals surface area contributed by atoms with Gasteiger partial charge in [0.2, 0.25) is 0 Å². The summed E-state index contributed by atoms with van der Waals surface area (Å²) < 4.78 is 0. The van der Waals surface area contributed by atoms with Gasteiger partial charge in [-0.3, -0.25) is 10.1 Å². The minimum atomic E-state index is -0.391. The van der Waals surface area contributed by atoms with Crippen molar-refractivity contribution in [2.75, 3.05) is 20.1 Å². The summed E-state index contributed by atoms with van der Waals surface area (Å²) in [6.07, 6.45) is 0. The quantitative estimate of drug-likeness (QED) is 0.415. The Bertz CT molecular complexity index is 311. The first-order valence-corrected chi connectivity index (χ1v) is 4.82. The molecule has 0 aliphatic carbocycles. The van der Waals surface area contributed by atoms with Crippen molar-refractivity contribution in [3.05, 3.63) is 39.9 Å². The molecule has 0 spiro atoms. The summed E-state index contributed by atoms with van der Waals surface area (Å²) in [5, 5.41) is 16.6. The first-order chi connectivity index (χ1) is 7.24. The Balaban J connectivity index is 2.39. The first-order valence-electron chi connectivity index (χ1n) is 4.82. The zero-order valence-electron chi connectivity index (χ0n) is 8.69. The van der Waals surface area contributed by atoms with E-state index in [-0.39, 0.29) is 5.69 Å². The average Bonchev–Trinajstić information content (AvgIpc) is 2.25. The van der Waals surface area contributed by atoms with E-state index >= 15 is 0 Å². The number of hydrogen-bond donors (Lipinski definition) is 2. The van der Waals surface area contributed by atoms with Crippen molar-refractivity contribution in [3.8, 4) is 0 Å². The third-order valence-corrected chi connectivity index (χ3v) is 2.03. The molecular formula is C10H15N3O2. The Hall–Kier alpha value is -1.46. The van der Waals surface area contributed by atoms with Crippen LogP contribution in [0, 0.1) is 10.1 Å². The fourth-order valence-corrected chi connectivity index (χ4v) is 1.18. The lowest BCUT2D eigenvalue weighted by Gasteiger charge is -2.03. The van der Waals surface area contributed by atoms with E-state index in [1.54, 1.807) is 12.1 Å². The predicted molar refractivity (Wildman–Crippen MR) is 58.7 cm³/mol. The van der Waals surface area contributed by atoms with Crippen LogP contribution in [0.25, 0.3) is 0 Å². The van der Waals surface area contributed by atoms with Gasteiger partial charge in [0, 0.05) is 31.8 Å². The smallest absolute Gasteiger partial charge is 0.269 e. The number of nitro benzene ring substituents is 1. The molecule has 0 aliphatic rings. The van der Waals surface area contributed by atoms with Crippen LogP contribution in [0.2, 0.25) is 0 Å². The Morgan fingerprint density at radius 3 is 2.47 bits per heavy atom. The summed E-state index contributed by atoms with van der Waals surface area (Å²) in [6.45, 7) is 2.53. The van der Waals surface area contributed by atoms with Gasteiger partial charge in [-0.2, -0.15) is 0 Å². The maximum atomic E-state index is 10.4. The minimum absolute atomic E-state index is 0.133. The number of likely N-dealkylation sites (N-methyl/N-ethyl adjacent to an activating group) is 1. The molecule has 0 aliphatic heterocycles. The molecular weight excluding hydrogens is 194 g/mol. The number of benzene rings is 1. The molecule has 1 aromatic carbocycles.